The lowest BCUT2D eigenvalue weighted by molar-refractivity contribution is 0.413. The number of thiophene rings is 1. The van der Waals surface area contributed by atoms with Gasteiger partial charge in [0.25, 0.3) is 0 Å². The third-order valence-corrected chi connectivity index (χ3v) is 5.78. The Morgan fingerprint density at radius 3 is 2.87 bits per heavy atom. The van der Waals surface area contributed by atoms with Crippen LogP contribution >= 0.6 is 11.3 Å². The Bertz CT molecular complexity index is 1530. The van der Waals surface area contributed by atoms with E-state index in [-0.39, 0.29) is 0 Å². The quantitative estimate of drug-likeness (QED) is 0.424. The van der Waals surface area contributed by atoms with Crippen LogP contribution in [0.1, 0.15) is 0 Å². The fraction of sp³-hybridized carbons (Fsp3) is 0.0455. The average molecular weight is 425 g/mol. The highest BCUT2D eigenvalue weighted by atomic mass is 32.1. The second kappa shape index (κ2) is 6.99. The zero-order valence-electron chi connectivity index (χ0n) is 16.3. The van der Waals surface area contributed by atoms with Gasteiger partial charge in [0.05, 0.1) is 30.0 Å². The second-order valence-corrected chi connectivity index (χ2v) is 7.71. The molecule has 0 fully saturated rings. The van der Waals surface area contributed by atoms with Crippen LogP contribution in [-0.2, 0) is 0 Å². The topological polar surface area (TPSA) is 105 Å². The number of aromatic amines is 2. The van der Waals surface area contributed by atoms with Crippen LogP contribution in [0.15, 0.2) is 59.7 Å². The molecule has 0 bridgehead atoms. The smallest absolute Gasteiger partial charge is 0.178 e. The fourth-order valence-electron chi connectivity index (χ4n) is 3.58. The number of methoxy groups -OCH3 is 1. The minimum atomic E-state index is 0.616. The molecule has 6 aromatic heterocycles. The number of nitrogens with zero attached hydrogens (tertiary/aromatic N) is 5. The third-order valence-electron chi connectivity index (χ3n) is 5.10. The molecule has 2 N–H and O–H groups in total. The van der Waals surface area contributed by atoms with Crippen molar-refractivity contribution in [3.8, 4) is 39.7 Å². The van der Waals surface area contributed by atoms with Crippen LogP contribution < -0.4 is 4.74 Å². The van der Waals surface area contributed by atoms with Gasteiger partial charge < -0.3 is 9.72 Å². The van der Waals surface area contributed by atoms with E-state index >= 15 is 0 Å². The summed E-state index contributed by atoms with van der Waals surface area (Å²) >= 11 is 1.66. The first-order chi connectivity index (χ1) is 15.3. The van der Waals surface area contributed by atoms with Gasteiger partial charge in [0.15, 0.2) is 17.2 Å². The van der Waals surface area contributed by atoms with Crippen molar-refractivity contribution in [3.63, 3.8) is 0 Å². The van der Waals surface area contributed by atoms with Crippen LogP contribution in [0.2, 0.25) is 0 Å². The first-order valence-electron chi connectivity index (χ1n) is 9.52. The molecule has 150 valence electrons. The standard InChI is InChI=1S/C22H15N7OS/c1-30-14-8-13(9-23-10-14)16-2-3-17-19(25-16)20(29-28-17)22-26-18-15(12-5-7-31-11-12)4-6-24-21(18)27-22/h2-11H,1H3,(H,28,29)(H,24,26,27). The van der Waals surface area contributed by atoms with Gasteiger partial charge in [0, 0.05) is 23.5 Å². The maximum absolute atomic E-state index is 5.29. The summed E-state index contributed by atoms with van der Waals surface area (Å²) < 4.78 is 5.29. The summed E-state index contributed by atoms with van der Waals surface area (Å²) in [6, 6.07) is 9.85. The molecule has 0 unspecified atom stereocenters. The first kappa shape index (κ1) is 17.7. The molecule has 31 heavy (non-hydrogen) atoms. The monoisotopic (exact) mass is 425 g/mol. The lowest BCUT2D eigenvalue weighted by atomic mass is 10.1. The summed E-state index contributed by atoms with van der Waals surface area (Å²) in [7, 11) is 1.62. The van der Waals surface area contributed by atoms with Crippen molar-refractivity contribution in [2.45, 2.75) is 0 Å². The molecular weight excluding hydrogens is 410 g/mol. The van der Waals surface area contributed by atoms with Gasteiger partial charge >= 0.3 is 0 Å². The minimum absolute atomic E-state index is 0.616. The molecule has 9 heteroatoms. The number of H-pyrrole nitrogens is 2. The van der Waals surface area contributed by atoms with Gasteiger partial charge in [-0.3, -0.25) is 10.1 Å². The number of fused-ring (bicyclic) bond motifs is 2. The van der Waals surface area contributed by atoms with Crippen molar-refractivity contribution < 1.29 is 4.74 Å². The van der Waals surface area contributed by atoms with Crippen molar-refractivity contribution in [3.05, 3.63) is 59.7 Å². The van der Waals surface area contributed by atoms with Gasteiger partial charge in [-0.1, -0.05) is 0 Å². The van der Waals surface area contributed by atoms with E-state index in [1.54, 1.807) is 37.0 Å². The SMILES string of the molecule is COc1cncc(-c2ccc3[nH]nc(-c4nc5nccc(-c6ccsc6)c5[nH]4)c3n2)c1. The number of imidazole rings is 1. The fourth-order valence-corrected chi connectivity index (χ4v) is 4.23. The largest absolute Gasteiger partial charge is 0.495 e. The van der Waals surface area contributed by atoms with Crippen LogP contribution in [0.3, 0.4) is 0 Å². The van der Waals surface area contributed by atoms with E-state index in [2.05, 4.69) is 47.0 Å². The van der Waals surface area contributed by atoms with Crippen molar-refractivity contribution in [2.75, 3.05) is 7.11 Å². The number of hydrogen-bond acceptors (Lipinski definition) is 7. The number of hydrogen-bond donors (Lipinski definition) is 2. The number of pyridine rings is 3. The van der Waals surface area contributed by atoms with Gasteiger partial charge in [-0.05, 0) is 46.7 Å². The molecule has 0 saturated carbocycles. The zero-order chi connectivity index (χ0) is 20.8. The van der Waals surface area contributed by atoms with Crippen LogP contribution in [0.5, 0.6) is 5.75 Å². The highest BCUT2D eigenvalue weighted by Gasteiger charge is 2.17. The number of aromatic nitrogens is 7. The number of nitrogens with one attached hydrogen (secondary N) is 2. The summed E-state index contributed by atoms with van der Waals surface area (Å²) in [4.78, 5) is 21.6. The molecule has 0 aromatic carbocycles. The van der Waals surface area contributed by atoms with Crippen LogP contribution in [0, 0.1) is 0 Å². The molecule has 8 nitrogen and oxygen atoms in total. The molecule has 0 amide bonds. The Labute approximate surface area is 180 Å². The van der Waals surface area contributed by atoms with Crippen molar-refractivity contribution in [1.82, 2.24) is 35.1 Å². The molecule has 0 atom stereocenters. The van der Waals surface area contributed by atoms with Crippen LogP contribution in [-0.4, -0.2) is 42.2 Å². The Morgan fingerprint density at radius 1 is 1.03 bits per heavy atom. The summed E-state index contributed by atoms with van der Waals surface area (Å²) in [6.07, 6.45) is 5.20. The summed E-state index contributed by atoms with van der Waals surface area (Å²) in [5.41, 5.74) is 7.52. The number of rotatable bonds is 4. The van der Waals surface area contributed by atoms with E-state index in [1.807, 2.05) is 24.3 Å². The number of ether oxygens (including phenoxy) is 1. The van der Waals surface area contributed by atoms with Gasteiger partial charge in [-0.25, -0.2) is 15.0 Å². The van der Waals surface area contributed by atoms with Gasteiger partial charge in [0.1, 0.15) is 11.3 Å². The molecule has 6 heterocycles. The molecule has 0 aliphatic heterocycles. The Balaban J connectivity index is 1.50. The third kappa shape index (κ3) is 2.94. The molecule has 6 aromatic rings. The van der Waals surface area contributed by atoms with Gasteiger partial charge in [0.2, 0.25) is 0 Å². The average Bonchev–Trinajstić information content (AvgIpc) is 3.57. The van der Waals surface area contributed by atoms with Gasteiger partial charge in [-0.2, -0.15) is 16.4 Å². The predicted molar refractivity (Wildman–Crippen MR) is 120 cm³/mol. The Morgan fingerprint density at radius 2 is 2.00 bits per heavy atom. The van der Waals surface area contributed by atoms with Crippen LogP contribution in [0.4, 0.5) is 0 Å². The second-order valence-electron chi connectivity index (χ2n) is 6.93. The molecule has 0 aliphatic carbocycles. The molecule has 0 spiro atoms. The molecular formula is C22H15N7OS. The van der Waals surface area contributed by atoms with Crippen molar-refractivity contribution in [2.24, 2.45) is 0 Å². The van der Waals surface area contributed by atoms with E-state index in [0.717, 1.165) is 38.9 Å². The summed E-state index contributed by atoms with van der Waals surface area (Å²) in [5, 5.41) is 11.7. The van der Waals surface area contributed by atoms with E-state index in [9.17, 15) is 0 Å². The molecule has 0 radical (unpaired) electrons. The maximum Gasteiger partial charge on any atom is 0.178 e. The lowest BCUT2D eigenvalue weighted by Crippen LogP contribution is -1.89. The normalized spacial score (nSPS) is 11.4. The van der Waals surface area contributed by atoms with Crippen LogP contribution in [0.25, 0.3) is 56.1 Å². The Kier molecular flexibility index (Phi) is 4.00. The van der Waals surface area contributed by atoms with E-state index in [1.165, 1.54) is 0 Å². The summed E-state index contributed by atoms with van der Waals surface area (Å²) in [6.45, 7) is 0. The first-order valence-corrected chi connectivity index (χ1v) is 10.5. The summed E-state index contributed by atoms with van der Waals surface area (Å²) in [5.74, 6) is 1.29. The minimum Gasteiger partial charge on any atom is -0.495 e. The Hall–Kier alpha value is -4.11. The van der Waals surface area contributed by atoms with Gasteiger partial charge in [-0.15, -0.1) is 0 Å². The predicted octanol–water partition coefficient (Wildman–Crippen LogP) is 4.70. The zero-order valence-corrected chi connectivity index (χ0v) is 17.1. The lowest BCUT2D eigenvalue weighted by Gasteiger charge is -2.03. The molecule has 6 rings (SSSR count). The van der Waals surface area contributed by atoms with E-state index < -0.39 is 0 Å². The van der Waals surface area contributed by atoms with Crippen molar-refractivity contribution in [1.29, 1.82) is 0 Å². The van der Waals surface area contributed by atoms with E-state index in [4.69, 9.17) is 9.72 Å². The highest BCUT2D eigenvalue weighted by molar-refractivity contribution is 7.08. The molecule has 0 saturated heterocycles. The van der Waals surface area contributed by atoms with Crippen molar-refractivity contribution >= 4 is 33.5 Å². The highest BCUT2D eigenvalue weighted by Crippen LogP contribution is 2.32. The molecule has 0 aliphatic rings. The van der Waals surface area contributed by atoms with E-state index in [0.29, 0.717) is 22.9 Å². The maximum atomic E-state index is 5.29.